The van der Waals surface area contributed by atoms with E-state index in [9.17, 15) is 4.79 Å². The van der Waals surface area contributed by atoms with E-state index in [1.807, 2.05) is 12.1 Å². The molecule has 0 saturated carbocycles. The van der Waals surface area contributed by atoms with Crippen LogP contribution in [0.2, 0.25) is 0 Å². The Morgan fingerprint density at radius 2 is 2.19 bits per heavy atom. The van der Waals surface area contributed by atoms with Gasteiger partial charge in [-0.05, 0) is 25.5 Å². The normalized spacial score (nSPS) is 15.7. The number of carbonyl (C=O) groups is 1. The molecular formula is C17H19N7O2. The topological polar surface area (TPSA) is 99.8 Å². The van der Waals surface area contributed by atoms with Crippen LogP contribution in [0.1, 0.15) is 35.6 Å². The number of amides is 1. The van der Waals surface area contributed by atoms with Crippen LogP contribution in [0.4, 0.5) is 5.82 Å². The van der Waals surface area contributed by atoms with Gasteiger partial charge in [0.25, 0.3) is 5.91 Å². The number of hydrogen-bond acceptors (Lipinski definition) is 6. The van der Waals surface area contributed by atoms with Crippen LogP contribution in [0, 0.1) is 0 Å². The minimum atomic E-state index is -0.334. The van der Waals surface area contributed by atoms with E-state index < -0.39 is 0 Å². The number of nitrogens with one attached hydrogen (secondary N) is 1. The fraction of sp³-hybridized carbons (Fsp3) is 0.353. The largest absolute Gasteiger partial charge is 0.479 e. The van der Waals surface area contributed by atoms with Crippen LogP contribution in [0.25, 0.3) is 11.5 Å². The number of methoxy groups -OCH3 is 1. The van der Waals surface area contributed by atoms with E-state index in [1.165, 1.54) is 11.8 Å². The third-order valence-electron chi connectivity index (χ3n) is 4.45. The predicted molar refractivity (Wildman–Crippen MR) is 94.0 cm³/mol. The predicted octanol–water partition coefficient (Wildman–Crippen LogP) is 1.84. The average Bonchev–Trinajstić information content (AvgIpc) is 3.31. The molecule has 1 amide bonds. The van der Waals surface area contributed by atoms with Crippen LogP contribution < -0.4 is 10.1 Å². The van der Waals surface area contributed by atoms with E-state index in [1.54, 1.807) is 19.3 Å². The molecule has 4 rings (SSSR count). The minimum Gasteiger partial charge on any atom is -0.479 e. The van der Waals surface area contributed by atoms with Gasteiger partial charge >= 0.3 is 0 Å². The van der Waals surface area contributed by atoms with Gasteiger partial charge in [0.2, 0.25) is 5.88 Å². The molecule has 0 aromatic carbocycles. The Morgan fingerprint density at radius 1 is 1.35 bits per heavy atom. The zero-order valence-electron chi connectivity index (χ0n) is 14.8. The average molecular weight is 353 g/mol. The van der Waals surface area contributed by atoms with Gasteiger partial charge in [0.05, 0.1) is 7.11 Å². The molecule has 0 fully saturated rings. The van der Waals surface area contributed by atoms with Crippen molar-refractivity contribution in [1.82, 2.24) is 29.5 Å². The Kier molecular flexibility index (Phi) is 3.90. The smallest absolute Gasteiger partial charge is 0.263 e. The molecule has 0 spiro atoms. The van der Waals surface area contributed by atoms with Gasteiger partial charge in [-0.15, -0.1) is 15.3 Å². The third-order valence-corrected chi connectivity index (χ3v) is 4.45. The molecule has 9 heteroatoms. The second-order valence-corrected chi connectivity index (χ2v) is 6.29. The summed E-state index contributed by atoms with van der Waals surface area (Å²) >= 11 is 0. The van der Waals surface area contributed by atoms with Gasteiger partial charge in [0.15, 0.2) is 5.82 Å². The molecule has 1 aliphatic heterocycles. The standard InChI is InChI=1S/C17H19N7O2/c1-10-7-8-14-20-21-15(24(10)14)12-5-4-6-13(18-12)19-16(25)11-9-23(2)22-17(11)26-3/h4-6,9-10H,7-8H2,1-3H3,(H,18,19,25)/t10-/m1/s1. The van der Waals surface area contributed by atoms with Crippen LogP contribution in [0.5, 0.6) is 5.88 Å². The lowest BCUT2D eigenvalue weighted by Gasteiger charge is -2.10. The number of nitrogens with zero attached hydrogens (tertiary/aromatic N) is 6. The minimum absolute atomic E-state index is 0.269. The molecule has 26 heavy (non-hydrogen) atoms. The first-order chi connectivity index (χ1) is 12.6. The zero-order chi connectivity index (χ0) is 18.3. The molecule has 0 unspecified atom stereocenters. The summed E-state index contributed by atoms with van der Waals surface area (Å²) in [6.45, 7) is 2.14. The maximum absolute atomic E-state index is 12.5. The highest BCUT2D eigenvalue weighted by Crippen LogP contribution is 2.30. The first-order valence-corrected chi connectivity index (χ1v) is 8.37. The van der Waals surface area contributed by atoms with E-state index in [2.05, 4.69) is 37.1 Å². The van der Waals surface area contributed by atoms with Gasteiger partial charge in [-0.1, -0.05) is 6.07 Å². The van der Waals surface area contributed by atoms with Crippen LogP contribution >= 0.6 is 0 Å². The van der Waals surface area contributed by atoms with E-state index in [0.29, 0.717) is 23.1 Å². The number of pyridine rings is 1. The SMILES string of the molecule is COc1nn(C)cc1C(=O)Nc1cccc(-c2nnc3n2[C@H](C)CC3)n1. The van der Waals surface area contributed by atoms with Gasteiger partial charge in [-0.2, -0.15) is 0 Å². The Balaban J connectivity index is 1.62. The van der Waals surface area contributed by atoms with Gasteiger partial charge in [-0.3, -0.25) is 9.48 Å². The highest BCUT2D eigenvalue weighted by Gasteiger charge is 2.25. The van der Waals surface area contributed by atoms with E-state index in [0.717, 1.165) is 24.5 Å². The van der Waals surface area contributed by atoms with E-state index in [4.69, 9.17) is 4.74 Å². The number of aryl methyl sites for hydroxylation is 2. The number of ether oxygens (including phenoxy) is 1. The number of aromatic nitrogens is 6. The van der Waals surface area contributed by atoms with Crippen molar-refractivity contribution in [1.29, 1.82) is 0 Å². The summed E-state index contributed by atoms with van der Waals surface area (Å²) in [5.74, 6) is 2.06. The Labute approximate surface area is 150 Å². The van der Waals surface area contributed by atoms with Crippen molar-refractivity contribution in [3.05, 3.63) is 35.8 Å². The lowest BCUT2D eigenvalue weighted by Crippen LogP contribution is -2.13. The summed E-state index contributed by atoms with van der Waals surface area (Å²) in [6.07, 6.45) is 3.57. The Bertz CT molecular complexity index is 975. The molecule has 3 aromatic heterocycles. The second-order valence-electron chi connectivity index (χ2n) is 6.29. The molecule has 9 nitrogen and oxygen atoms in total. The van der Waals surface area contributed by atoms with Gasteiger partial charge in [0, 0.05) is 25.7 Å². The Morgan fingerprint density at radius 3 is 3.00 bits per heavy atom. The van der Waals surface area contributed by atoms with Gasteiger partial charge in [-0.25, -0.2) is 4.98 Å². The summed E-state index contributed by atoms with van der Waals surface area (Å²) in [6, 6.07) is 5.77. The summed E-state index contributed by atoms with van der Waals surface area (Å²) in [7, 11) is 3.20. The number of hydrogen-bond donors (Lipinski definition) is 1. The van der Waals surface area contributed by atoms with Crippen LogP contribution in [0.15, 0.2) is 24.4 Å². The fourth-order valence-corrected chi connectivity index (χ4v) is 3.19. The highest BCUT2D eigenvalue weighted by molar-refractivity contribution is 6.05. The fourth-order valence-electron chi connectivity index (χ4n) is 3.19. The molecule has 3 aromatic rings. The number of rotatable bonds is 4. The molecule has 0 saturated heterocycles. The number of carbonyl (C=O) groups excluding carboxylic acids is 1. The van der Waals surface area contributed by atoms with Crippen LogP contribution in [-0.4, -0.2) is 42.5 Å². The van der Waals surface area contributed by atoms with Crippen LogP contribution in [0.3, 0.4) is 0 Å². The number of anilines is 1. The molecular weight excluding hydrogens is 334 g/mol. The van der Waals surface area contributed by atoms with E-state index >= 15 is 0 Å². The first-order valence-electron chi connectivity index (χ1n) is 8.37. The quantitative estimate of drug-likeness (QED) is 0.768. The van der Waals surface area contributed by atoms with Crippen molar-refractivity contribution >= 4 is 11.7 Å². The molecule has 4 heterocycles. The Hall–Kier alpha value is -3.23. The molecule has 0 radical (unpaired) electrons. The maximum atomic E-state index is 12.5. The molecule has 1 aliphatic rings. The monoisotopic (exact) mass is 353 g/mol. The summed E-state index contributed by atoms with van der Waals surface area (Å²) in [5, 5.41) is 15.4. The molecule has 134 valence electrons. The van der Waals surface area contributed by atoms with Crippen LogP contribution in [-0.2, 0) is 13.5 Å². The molecule has 0 bridgehead atoms. The lowest BCUT2D eigenvalue weighted by atomic mass is 10.2. The van der Waals surface area contributed by atoms with Crippen molar-refractivity contribution in [3.8, 4) is 17.4 Å². The zero-order valence-corrected chi connectivity index (χ0v) is 14.8. The van der Waals surface area contributed by atoms with Crippen molar-refractivity contribution in [2.75, 3.05) is 12.4 Å². The number of fused-ring (bicyclic) bond motifs is 1. The van der Waals surface area contributed by atoms with Gasteiger partial charge < -0.3 is 14.6 Å². The maximum Gasteiger partial charge on any atom is 0.263 e. The summed E-state index contributed by atoms with van der Waals surface area (Å²) in [5.41, 5.74) is 1.02. The molecule has 1 atom stereocenters. The van der Waals surface area contributed by atoms with E-state index in [-0.39, 0.29) is 11.8 Å². The second kappa shape index (κ2) is 6.25. The lowest BCUT2D eigenvalue weighted by molar-refractivity contribution is 0.102. The highest BCUT2D eigenvalue weighted by atomic mass is 16.5. The third kappa shape index (κ3) is 2.71. The van der Waals surface area contributed by atoms with Gasteiger partial charge in [0.1, 0.15) is 22.9 Å². The molecule has 1 N–H and O–H groups in total. The van der Waals surface area contributed by atoms with Crippen molar-refractivity contribution in [2.24, 2.45) is 7.05 Å². The summed E-state index contributed by atoms with van der Waals surface area (Å²) < 4.78 is 8.77. The van der Waals surface area contributed by atoms with Crippen molar-refractivity contribution < 1.29 is 9.53 Å². The first kappa shape index (κ1) is 16.2. The molecule has 0 aliphatic carbocycles. The summed E-state index contributed by atoms with van der Waals surface area (Å²) in [4.78, 5) is 17.1. The van der Waals surface area contributed by atoms with Crippen molar-refractivity contribution in [3.63, 3.8) is 0 Å². The van der Waals surface area contributed by atoms with Crippen molar-refractivity contribution in [2.45, 2.75) is 25.8 Å².